The van der Waals surface area contributed by atoms with Crippen LogP contribution >= 0.6 is 0 Å². The molecule has 1 N–H and O–H groups in total. The first-order valence-electron chi connectivity index (χ1n) is 12.1. The summed E-state index contributed by atoms with van der Waals surface area (Å²) in [5.41, 5.74) is 3.57. The van der Waals surface area contributed by atoms with E-state index in [2.05, 4.69) is 24.0 Å². The van der Waals surface area contributed by atoms with Crippen LogP contribution < -0.4 is 4.90 Å². The maximum Gasteiger partial charge on any atom is 0.248 e. The maximum absolute atomic E-state index is 11.9. The summed E-state index contributed by atoms with van der Waals surface area (Å²) in [6.45, 7) is 6.66. The third kappa shape index (κ3) is 3.63. The number of aromatic nitrogens is 4. The molecule has 9 nitrogen and oxygen atoms in total. The van der Waals surface area contributed by atoms with Crippen molar-refractivity contribution in [3.63, 3.8) is 0 Å². The summed E-state index contributed by atoms with van der Waals surface area (Å²) >= 11 is 0. The summed E-state index contributed by atoms with van der Waals surface area (Å²) in [7, 11) is 0. The highest BCUT2D eigenvalue weighted by atomic mass is 16.5. The molecule has 5 heterocycles. The van der Waals surface area contributed by atoms with Crippen molar-refractivity contribution in [3.8, 4) is 5.82 Å². The minimum absolute atomic E-state index is 0.184. The summed E-state index contributed by atoms with van der Waals surface area (Å²) < 4.78 is 7.69. The quantitative estimate of drug-likeness (QED) is 0.634. The third-order valence-corrected chi connectivity index (χ3v) is 7.60. The molecule has 1 amide bonds. The number of likely N-dealkylation sites (tertiary alicyclic amines) is 1. The Balaban J connectivity index is 1.33. The Bertz CT molecular complexity index is 1250. The van der Waals surface area contributed by atoms with Crippen molar-refractivity contribution >= 4 is 22.6 Å². The highest BCUT2D eigenvalue weighted by Gasteiger charge is 2.40. The van der Waals surface area contributed by atoms with Crippen molar-refractivity contribution < 1.29 is 14.6 Å². The zero-order valence-corrected chi connectivity index (χ0v) is 19.6. The first-order valence-corrected chi connectivity index (χ1v) is 12.1. The monoisotopic (exact) mass is 462 g/mol. The number of aliphatic hydroxyl groups is 1. The fourth-order valence-corrected chi connectivity index (χ4v) is 5.84. The van der Waals surface area contributed by atoms with Gasteiger partial charge in [-0.25, -0.2) is 14.6 Å². The molecule has 2 atom stereocenters. The average Bonchev–Trinajstić information content (AvgIpc) is 3.58. The molecule has 0 spiro atoms. The second-order valence-corrected chi connectivity index (χ2v) is 9.77. The number of aryl methyl sites for hydroxylation is 2. The fourth-order valence-electron chi connectivity index (χ4n) is 5.84. The van der Waals surface area contributed by atoms with Gasteiger partial charge in [-0.15, -0.1) is 0 Å². The van der Waals surface area contributed by atoms with Crippen LogP contribution in [0.2, 0.25) is 0 Å². The third-order valence-electron chi connectivity index (χ3n) is 7.60. The number of amides is 1. The number of piperidine rings is 1. The van der Waals surface area contributed by atoms with E-state index >= 15 is 0 Å². The molecule has 6 rings (SSSR count). The molecule has 2 bridgehead atoms. The molecule has 0 saturated carbocycles. The largest absolute Gasteiger partial charge is 0.387 e. The van der Waals surface area contributed by atoms with E-state index in [-0.39, 0.29) is 5.91 Å². The van der Waals surface area contributed by atoms with Gasteiger partial charge in [-0.05, 0) is 62.3 Å². The van der Waals surface area contributed by atoms with Crippen LogP contribution in [0.1, 0.15) is 42.1 Å². The van der Waals surface area contributed by atoms with Gasteiger partial charge >= 0.3 is 0 Å². The second-order valence-electron chi connectivity index (χ2n) is 9.77. The van der Waals surface area contributed by atoms with Gasteiger partial charge in [0.15, 0.2) is 5.82 Å². The number of nitrogens with zero attached hydrogens (tertiary/aromatic N) is 6. The lowest BCUT2D eigenvalue weighted by Gasteiger charge is -2.32. The van der Waals surface area contributed by atoms with Crippen molar-refractivity contribution in [2.75, 3.05) is 37.7 Å². The van der Waals surface area contributed by atoms with Crippen LogP contribution in [0.4, 0.5) is 5.82 Å². The van der Waals surface area contributed by atoms with E-state index in [0.717, 1.165) is 60.8 Å². The zero-order chi connectivity index (χ0) is 23.4. The topological polar surface area (TPSA) is 96.6 Å². The first kappa shape index (κ1) is 21.5. The Morgan fingerprint density at radius 2 is 1.94 bits per heavy atom. The number of ether oxygens (including phenoxy) is 1. The van der Waals surface area contributed by atoms with Gasteiger partial charge in [0, 0.05) is 31.1 Å². The summed E-state index contributed by atoms with van der Waals surface area (Å²) in [4.78, 5) is 25.4. The fraction of sp³-hybridized carbons (Fsp3) is 0.520. The Morgan fingerprint density at radius 3 is 2.65 bits per heavy atom. The van der Waals surface area contributed by atoms with Crippen molar-refractivity contribution in [2.24, 2.45) is 0 Å². The van der Waals surface area contributed by atoms with Gasteiger partial charge in [0.05, 0.1) is 30.5 Å². The minimum atomic E-state index is -0.416. The maximum atomic E-state index is 11.9. The number of hydrogen-bond acceptors (Lipinski definition) is 7. The number of morpholine rings is 1. The van der Waals surface area contributed by atoms with Crippen molar-refractivity contribution in [3.05, 3.63) is 41.3 Å². The van der Waals surface area contributed by atoms with Crippen LogP contribution in [-0.2, 0) is 9.53 Å². The van der Waals surface area contributed by atoms with Crippen molar-refractivity contribution in [1.29, 1.82) is 0 Å². The number of benzene rings is 1. The summed E-state index contributed by atoms with van der Waals surface area (Å²) in [5.74, 6) is 2.64. The SMILES string of the molecule is Cc1nc(N2C[C@H]3C[C@@H]2CO3)cc(-n2ncc3cc(C)c(C4CCN(C(=O)CO)CC4)cc32)n1. The van der Waals surface area contributed by atoms with E-state index in [1.807, 2.05) is 23.9 Å². The summed E-state index contributed by atoms with van der Waals surface area (Å²) in [6.07, 6.45) is 5.05. The Labute approximate surface area is 198 Å². The van der Waals surface area contributed by atoms with Crippen LogP contribution in [0.25, 0.3) is 16.7 Å². The number of carbonyl (C=O) groups is 1. The van der Waals surface area contributed by atoms with Crippen molar-refractivity contribution in [1.82, 2.24) is 24.6 Å². The minimum Gasteiger partial charge on any atom is -0.387 e. The molecular formula is C25H30N6O3. The molecule has 3 saturated heterocycles. The molecular weight excluding hydrogens is 432 g/mol. The highest BCUT2D eigenvalue weighted by Crippen LogP contribution is 2.35. The molecule has 3 aliphatic rings. The number of carbonyl (C=O) groups excluding carboxylic acids is 1. The van der Waals surface area contributed by atoms with Gasteiger partial charge in [0.2, 0.25) is 5.91 Å². The molecule has 3 fully saturated rings. The first-order chi connectivity index (χ1) is 16.5. The lowest BCUT2D eigenvalue weighted by atomic mass is 9.86. The molecule has 0 aliphatic carbocycles. The Kier molecular flexibility index (Phi) is 5.26. The van der Waals surface area contributed by atoms with E-state index in [4.69, 9.17) is 24.9 Å². The molecule has 2 aromatic heterocycles. The van der Waals surface area contributed by atoms with Crippen molar-refractivity contribution in [2.45, 2.75) is 51.2 Å². The highest BCUT2D eigenvalue weighted by molar-refractivity contribution is 5.82. The summed E-state index contributed by atoms with van der Waals surface area (Å²) in [5, 5.41) is 14.9. The molecule has 178 valence electrons. The molecule has 3 aromatic rings. The van der Waals surface area contributed by atoms with E-state index in [1.165, 1.54) is 11.1 Å². The number of fused-ring (bicyclic) bond motifs is 3. The Hall–Kier alpha value is -3.04. The van der Waals surface area contributed by atoms with Crippen LogP contribution in [-0.4, -0.2) is 80.7 Å². The van der Waals surface area contributed by atoms with E-state index in [0.29, 0.717) is 31.2 Å². The van der Waals surface area contributed by atoms with E-state index < -0.39 is 6.61 Å². The van der Waals surface area contributed by atoms with Gasteiger partial charge in [-0.3, -0.25) is 4.79 Å². The number of hydrogen-bond donors (Lipinski definition) is 1. The van der Waals surface area contributed by atoms with Crippen LogP contribution in [0.15, 0.2) is 24.4 Å². The van der Waals surface area contributed by atoms with E-state index in [9.17, 15) is 4.79 Å². The zero-order valence-electron chi connectivity index (χ0n) is 19.6. The predicted octanol–water partition coefficient (Wildman–Crippen LogP) is 2.11. The molecule has 0 unspecified atom stereocenters. The number of anilines is 1. The molecule has 34 heavy (non-hydrogen) atoms. The van der Waals surface area contributed by atoms with Gasteiger partial charge in [-0.2, -0.15) is 5.10 Å². The van der Waals surface area contributed by atoms with Gasteiger partial charge in [0.25, 0.3) is 0 Å². The number of aliphatic hydroxyl groups excluding tert-OH is 1. The van der Waals surface area contributed by atoms with Gasteiger partial charge in [0.1, 0.15) is 18.2 Å². The normalized spacial score (nSPS) is 22.8. The van der Waals surface area contributed by atoms with Crippen LogP contribution in [0.3, 0.4) is 0 Å². The van der Waals surface area contributed by atoms with Crippen LogP contribution in [0, 0.1) is 13.8 Å². The predicted molar refractivity (Wildman–Crippen MR) is 127 cm³/mol. The van der Waals surface area contributed by atoms with Gasteiger partial charge < -0.3 is 19.6 Å². The smallest absolute Gasteiger partial charge is 0.248 e. The lowest BCUT2D eigenvalue weighted by molar-refractivity contribution is -0.135. The molecule has 1 aromatic carbocycles. The van der Waals surface area contributed by atoms with Crippen LogP contribution in [0.5, 0.6) is 0 Å². The Morgan fingerprint density at radius 1 is 1.15 bits per heavy atom. The lowest BCUT2D eigenvalue weighted by Crippen LogP contribution is -2.39. The standard InChI is InChI=1S/C25H30N6O3/c1-15-7-18-11-26-31(22(18)9-21(15)17-3-5-29(6-4-17)25(33)13-32)24-10-23(27-16(2)28-24)30-12-20-8-19(30)14-34-20/h7,9-11,17,19-20,32H,3-6,8,12-14H2,1-2H3/t19-,20-/m1/s1. The molecule has 3 aliphatic heterocycles. The van der Waals surface area contributed by atoms with E-state index in [1.54, 1.807) is 4.90 Å². The second kappa shape index (κ2) is 8.32. The summed E-state index contributed by atoms with van der Waals surface area (Å²) in [6, 6.07) is 6.87. The van der Waals surface area contributed by atoms with Gasteiger partial charge in [-0.1, -0.05) is 0 Å². The molecule has 9 heteroatoms. The molecule has 0 radical (unpaired) electrons. The average molecular weight is 463 g/mol. The number of rotatable bonds is 4.